The third-order valence-electron chi connectivity index (χ3n) is 2.21. The van der Waals surface area contributed by atoms with E-state index < -0.39 is 0 Å². The predicted molar refractivity (Wildman–Crippen MR) is 66.0 cm³/mol. The number of hydrogen-bond acceptors (Lipinski definition) is 5. The van der Waals surface area contributed by atoms with Crippen LogP contribution >= 0.6 is 0 Å². The standard InChI is InChI=1S/C12H25NO4/c1-4-17-12(14)11(2)10-13-6-5-7-16-9-8-15-3/h11,13H,4-10H2,1-3H3. The van der Waals surface area contributed by atoms with Crippen molar-refractivity contribution >= 4 is 5.97 Å². The second-order valence-electron chi connectivity index (χ2n) is 3.82. The second kappa shape index (κ2) is 11.8. The summed E-state index contributed by atoms with van der Waals surface area (Å²) >= 11 is 0. The summed E-state index contributed by atoms with van der Waals surface area (Å²) in [6, 6.07) is 0. The summed E-state index contributed by atoms with van der Waals surface area (Å²) in [7, 11) is 1.65. The van der Waals surface area contributed by atoms with E-state index in [0.717, 1.165) is 13.0 Å². The monoisotopic (exact) mass is 247 g/mol. The maximum atomic E-state index is 11.3. The van der Waals surface area contributed by atoms with Crippen molar-refractivity contribution in [3.63, 3.8) is 0 Å². The van der Waals surface area contributed by atoms with E-state index in [9.17, 15) is 4.79 Å². The number of hydrogen-bond donors (Lipinski definition) is 1. The fraction of sp³-hybridized carbons (Fsp3) is 0.917. The first kappa shape index (κ1) is 16.4. The maximum absolute atomic E-state index is 11.3. The van der Waals surface area contributed by atoms with Crippen molar-refractivity contribution in [1.29, 1.82) is 0 Å². The minimum Gasteiger partial charge on any atom is -0.466 e. The van der Waals surface area contributed by atoms with Gasteiger partial charge < -0.3 is 19.5 Å². The van der Waals surface area contributed by atoms with E-state index in [2.05, 4.69) is 5.32 Å². The van der Waals surface area contributed by atoms with E-state index in [-0.39, 0.29) is 11.9 Å². The second-order valence-corrected chi connectivity index (χ2v) is 3.82. The molecule has 0 aliphatic rings. The van der Waals surface area contributed by atoms with Crippen molar-refractivity contribution in [2.75, 3.05) is 46.6 Å². The van der Waals surface area contributed by atoms with Gasteiger partial charge in [0.2, 0.25) is 0 Å². The van der Waals surface area contributed by atoms with E-state index in [1.165, 1.54) is 0 Å². The van der Waals surface area contributed by atoms with Gasteiger partial charge in [0.15, 0.2) is 0 Å². The lowest BCUT2D eigenvalue weighted by molar-refractivity contribution is -0.147. The number of esters is 1. The first-order valence-corrected chi connectivity index (χ1v) is 6.16. The van der Waals surface area contributed by atoms with Crippen LogP contribution in [-0.4, -0.2) is 52.6 Å². The number of carbonyl (C=O) groups is 1. The molecule has 102 valence electrons. The Bertz CT molecular complexity index is 187. The van der Waals surface area contributed by atoms with Crippen molar-refractivity contribution in [1.82, 2.24) is 5.32 Å². The van der Waals surface area contributed by atoms with Crippen LogP contribution < -0.4 is 5.32 Å². The Morgan fingerprint density at radius 1 is 1.29 bits per heavy atom. The first-order chi connectivity index (χ1) is 8.22. The SMILES string of the molecule is CCOC(=O)C(C)CNCCCOCCOC. The Balaban J connectivity index is 3.24. The molecule has 0 aliphatic carbocycles. The summed E-state index contributed by atoms with van der Waals surface area (Å²) < 4.78 is 15.1. The number of rotatable bonds is 11. The molecule has 5 heteroatoms. The Morgan fingerprint density at radius 2 is 2.06 bits per heavy atom. The Morgan fingerprint density at radius 3 is 2.71 bits per heavy atom. The fourth-order valence-electron chi connectivity index (χ4n) is 1.23. The van der Waals surface area contributed by atoms with Gasteiger partial charge in [-0.15, -0.1) is 0 Å². The van der Waals surface area contributed by atoms with E-state index in [4.69, 9.17) is 14.2 Å². The van der Waals surface area contributed by atoms with Crippen LogP contribution in [0.3, 0.4) is 0 Å². The minimum absolute atomic E-state index is 0.0932. The van der Waals surface area contributed by atoms with Crippen LogP contribution in [0.25, 0.3) is 0 Å². The fourth-order valence-corrected chi connectivity index (χ4v) is 1.23. The van der Waals surface area contributed by atoms with Crippen LogP contribution in [-0.2, 0) is 19.0 Å². The average molecular weight is 247 g/mol. The van der Waals surface area contributed by atoms with Crippen LogP contribution in [0, 0.1) is 5.92 Å². The molecule has 0 amide bonds. The highest BCUT2D eigenvalue weighted by atomic mass is 16.5. The van der Waals surface area contributed by atoms with E-state index in [1.807, 2.05) is 13.8 Å². The molecule has 1 N–H and O–H groups in total. The highest BCUT2D eigenvalue weighted by molar-refractivity contribution is 5.72. The van der Waals surface area contributed by atoms with Gasteiger partial charge in [0.1, 0.15) is 0 Å². The van der Waals surface area contributed by atoms with Gasteiger partial charge in [-0.25, -0.2) is 0 Å². The van der Waals surface area contributed by atoms with Gasteiger partial charge in [-0.2, -0.15) is 0 Å². The van der Waals surface area contributed by atoms with Crippen molar-refractivity contribution in [3.8, 4) is 0 Å². The Kier molecular flexibility index (Phi) is 11.4. The van der Waals surface area contributed by atoms with Gasteiger partial charge in [-0.1, -0.05) is 6.92 Å². The summed E-state index contributed by atoms with van der Waals surface area (Å²) in [5, 5.41) is 3.20. The van der Waals surface area contributed by atoms with Gasteiger partial charge in [0.05, 0.1) is 25.7 Å². The van der Waals surface area contributed by atoms with E-state index in [0.29, 0.717) is 33.0 Å². The summed E-state index contributed by atoms with van der Waals surface area (Å²) in [5.41, 5.74) is 0. The molecule has 17 heavy (non-hydrogen) atoms. The lowest BCUT2D eigenvalue weighted by atomic mass is 10.2. The lowest BCUT2D eigenvalue weighted by Crippen LogP contribution is -2.29. The molecule has 0 aliphatic heterocycles. The molecule has 1 atom stereocenters. The zero-order valence-electron chi connectivity index (χ0n) is 11.2. The van der Waals surface area contributed by atoms with Gasteiger partial charge in [-0.3, -0.25) is 4.79 Å². The molecule has 0 saturated carbocycles. The third kappa shape index (κ3) is 10.2. The summed E-state index contributed by atoms with van der Waals surface area (Å²) in [6.07, 6.45) is 0.930. The topological polar surface area (TPSA) is 56.8 Å². The van der Waals surface area contributed by atoms with Gasteiger partial charge in [-0.05, 0) is 19.9 Å². The van der Waals surface area contributed by atoms with Crippen molar-refractivity contribution in [2.45, 2.75) is 20.3 Å². The quantitative estimate of drug-likeness (QED) is 0.433. The summed E-state index contributed by atoms with van der Waals surface area (Å²) in [5.74, 6) is -0.235. The Hall–Kier alpha value is -0.650. The minimum atomic E-state index is -0.142. The number of nitrogens with one attached hydrogen (secondary N) is 1. The predicted octanol–water partition coefficient (Wildman–Crippen LogP) is 0.828. The van der Waals surface area contributed by atoms with Crippen molar-refractivity contribution in [2.24, 2.45) is 5.92 Å². The van der Waals surface area contributed by atoms with Crippen LogP contribution in [0.4, 0.5) is 0 Å². The molecule has 0 rings (SSSR count). The molecule has 0 saturated heterocycles. The highest BCUT2D eigenvalue weighted by Gasteiger charge is 2.12. The molecule has 0 spiro atoms. The third-order valence-corrected chi connectivity index (χ3v) is 2.21. The normalized spacial score (nSPS) is 12.4. The molecular formula is C12H25NO4. The number of carbonyl (C=O) groups excluding carboxylic acids is 1. The van der Waals surface area contributed by atoms with Crippen LogP contribution in [0.15, 0.2) is 0 Å². The lowest BCUT2D eigenvalue weighted by Gasteiger charge is -2.11. The number of methoxy groups -OCH3 is 1. The van der Waals surface area contributed by atoms with E-state index >= 15 is 0 Å². The molecule has 0 radical (unpaired) electrons. The van der Waals surface area contributed by atoms with E-state index in [1.54, 1.807) is 7.11 Å². The van der Waals surface area contributed by atoms with Gasteiger partial charge in [0, 0.05) is 20.3 Å². The zero-order valence-corrected chi connectivity index (χ0v) is 11.2. The van der Waals surface area contributed by atoms with Gasteiger partial charge in [0.25, 0.3) is 0 Å². The van der Waals surface area contributed by atoms with Crippen LogP contribution in [0.5, 0.6) is 0 Å². The molecule has 5 nitrogen and oxygen atoms in total. The number of ether oxygens (including phenoxy) is 3. The smallest absolute Gasteiger partial charge is 0.309 e. The molecule has 0 fully saturated rings. The molecule has 0 heterocycles. The van der Waals surface area contributed by atoms with Gasteiger partial charge >= 0.3 is 5.97 Å². The molecule has 0 aromatic rings. The molecular weight excluding hydrogens is 222 g/mol. The zero-order chi connectivity index (χ0) is 12.9. The summed E-state index contributed by atoms with van der Waals surface area (Å²) in [4.78, 5) is 11.3. The molecule has 0 aromatic carbocycles. The van der Waals surface area contributed by atoms with Crippen molar-refractivity contribution < 1.29 is 19.0 Å². The first-order valence-electron chi connectivity index (χ1n) is 6.16. The Labute approximate surface area is 104 Å². The molecule has 0 bridgehead atoms. The maximum Gasteiger partial charge on any atom is 0.309 e. The highest BCUT2D eigenvalue weighted by Crippen LogP contribution is 1.96. The van der Waals surface area contributed by atoms with Crippen LogP contribution in [0.1, 0.15) is 20.3 Å². The van der Waals surface area contributed by atoms with Crippen LogP contribution in [0.2, 0.25) is 0 Å². The van der Waals surface area contributed by atoms with Crippen molar-refractivity contribution in [3.05, 3.63) is 0 Å². The molecule has 0 aromatic heterocycles. The molecule has 1 unspecified atom stereocenters. The largest absolute Gasteiger partial charge is 0.466 e. The average Bonchev–Trinajstić information content (AvgIpc) is 2.32. The summed E-state index contributed by atoms with van der Waals surface area (Å²) in [6.45, 7) is 7.59.